The van der Waals surface area contributed by atoms with E-state index in [0.29, 0.717) is 12.1 Å². The number of nitrogens with zero attached hydrogens (tertiary/aromatic N) is 3. The molecule has 2 rings (SSSR count). The summed E-state index contributed by atoms with van der Waals surface area (Å²) in [5.41, 5.74) is 6.96. The lowest BCUT2D eigenvalue weighted by atomic mass is 9.90. The topological polar surface area (TPSA) is 55.0 Å². The Morgan fingerprint density at radius 1 is 1.22 bits per heavy atom. The van der Waals surface area contributed by atoms with Crippen molar-refractivity contribution in [1.82, 2.24) is 10.2 Å². The summed E-state index contributed by atoms with van der Waals surface area (Å²) in [6.07, 6.45) is 5.75. The van der Waals surface area contributed by atoms with Gasteiger partial charge < -0.3 is 10.6 Å². The normalized spacial score (nSPS) is 23.9. The van der Waals surface area contributed by atoms with E-state index in [1.807, 2.05) is 13.0 Å². The van der Waals surface area contributed by atoms with Gasteiger partial charge in [0.05, 0.1) is 5.69 Å². The zero-order chi connectivity index (χ0) is 13.0. The molecule has 0 spiro atoms. The van der Waals surface area contributed by atoms with Crippen LogP contribution < -0.4 is 10.6 Å². The van der Waals surface area contributed by atoms with Crippen molar-refractivity contribution < 1.29 is 0 Å². The molecule has 0 amide bonds. The average Bonchev–Trinajstić information content (AvgIpc) is 2.39. The summed E-state index contributed by atoms with van der Waals surface area (Å²) in [4.78, 5) is 2.42. The van der Waals surface area contributed by atoms with Gasteiger partial charge in [-0.15, -0.1) is 5.10 Å². The Bertz CT molecular complexity index is 355. The molecule has 0 atom stereocenters. The van der Waals surface area contributed by atoms with Crippen LogP contribution in [0.3, 0.4) is 0 Å². The van der Waals surface area contributed by atoms with Gasteiger partial charge in [-0.3, -0.25) is 0 Å². The van der Waals surface area contributed by atoms with Gasteiger partial charge in [0.15, 0.2) is 5.82 Å². The van der Waals surface area contributed by atoms with Gasteiger partial charge in [-0.1, -0.05) is 6.92 Å². The molecule has 0 aliphatic heterocycles. The SMILES string of the molecule is CCCN(c1ccc(C)nn1)C1CCC(N)CC1. The molecule has 1 aliphatic rings. The van der Waals surface area contributed by atoms with Crippen molar-refractivity contribution in [1.29, 1.82) is 0 Å². The summed E-state index contributed by atoms with van der Waals surface area (Å²) in [7, 11) is 0. The summed E-state index contributed by atoms with van der Waals surface area (Å²) >= 11 is 0. The first-order valence-corrected chi connectivity index (χ1v) is 7.03. The van der Waals surface area contributed by atoms with E-state index < -0.39 is 0 Å². The summed E-state index contributed by atoms with van der Waals surface area (Å²) in [5.74, 6) is 1.02. The van der Waals surface area contributed by atoms with E-state index in [1.165, 1.54) is 12.8 Å². The standard InChI is InChI=1S/C14H24N4/c1-3-10-18(13-7-5-12(15)6-8-13)14-9-4-11(2)16-17-14/h4,9,12-13H,3,5-8,10,15H2,1-2H3. The molecule has 1 saturated carbocycles. The molecule has 4 heteroatoms. The molecule has 18 heavy (non-hydrogen) atoms. The van der Waals surface area contributed by atoms with E-state index in [-0.39, 0.29) is 0 Å². The van der Waals surface area contributed by atoms with Crippen LogP contribution >= 0.6 is 0 Å². The van der Waals surface area contributed by atoms with Crippen LogP contribution in [0.2, 0.25) is 0 Å². The third-order valence-electron chi connectivity index (χ3n) is 3.72. The van der Waals surface area contributed by atoms with E-state index in [9.17, 15) is 0 Å². The van der Waals surface area contributed by atoms with E-state index >= 15 is 0 Å². The number of anilines is 1. The van der Waals surface area contributed by atoms with Crippen molar-refractivity contribution in [2.45, 2.75) is 58.0 Å². The molecule has 100 valence electrons. The smallest absolute Gasteiger partial charge is 0.151 e. The lowest BCUT2D eigenvalue weighted by Crippen LogP contribution is -2.42. The fourth-order valence-electron chi connectivity index (χ4n) is 2.68. The number of rotatable bonds is 4. The number of nitrogens with two attached hydrogens (primary N) is 1. The molecule has 1 aromatic heterocycles. The molecule has 4 nitrogen and oxygen atoms in total. The lowest BCUT2D eigenvalue weighted by Gasteiger charge is -2.36. The van der Waals surface area contributed by atoms with Gasteiger partial charge in [-0.05, 0) is 51.2 Å². The molecular weight excluding hydrogens is 224 g/mol. The summed E-state index contributed by atoms with van der Waals surface area (Å²) in [6.45, 7) is 5.24. The van der Waals surface area contributed by atoms with Crippen LogP contribution in [0.4, 0.5) is 5.82 Å². The van der Waals surface area contributed by atoms with Gasteiger partial charge >= 0.3 is 0 Å². The second kappa shape index (κ2) is 6.14. The Labute approximate surface area is 110 Å². The molecule has 1 aromatic rings. The van der Waals surface area contributed by atoms with Gasteiger partial charge in [-0.25, -0.2) is 0 Å². The van der Waals surface area contributed by atoms with Gasteiger partial charge in [0, 0.05) is 18.6 Å². The Kier molecular flexibility index (Phi) is 4.53. The van der Waals surface area contributed by atoms with Gasteiger partial charge in [0.25, 0.3) is 0 Å². The van der Waals surface area contributed by atoms with Crippen LogP contribution in [0, 0.1) is 6.92 Å². The molecule has 1 fully saturated rings. The van der Waals surface area contributed by atoms with Crippen LogP contribution in [-0.2, 0) is 0 Å². The van der Waals surface area contributed by atoms with E-state index in [1.54, 1.807) is 0 Å². The van der Waals surface area contributed by atoms with E-state index in [0.717, 1.165) is 37.3 Å². The first kappa shape index (κ1) is 13.3. The third-order valence-corrected chi connectivity index (χ3v) is 3.72. The van der Waals surface area contributed by atoms with Crippen molar-refractivity contribution in [2.24, 2.45) is 5.73 Å². The molecular formula is C14H24N4. The second-order valence-corrected chi connectivity index (χ2v) is 5.29. The molecule has 0 saturated heterocycles. The highest BCUT2D eigenvalue weighted by Crippen LogP contribution is 2.25. The average molecular weight is 248 g/mol. The van der Waals surface area contributed by atoms with Crippen LogP contribution in [-0.4, -0.2) is 28.8 Å². The Hall–Kier alpha value is -1.16. The minimum atomic E-state index is 0.397. The number of aryl methyl sites for hydroxylation is 1. The zero-order valence-corrected chi connectivity index (χ0v) is 11.5. The molecule has 0 radical (unpaired) electrons. The van der Waals surface area contributed by atoms with Crippen molar-refractivity contribution in [3.63, 3.8) is 0 Å². The van der Waals surface area contributed by atoms with Crippen molar-refractivity contribution in [3.8, 4) is 0 Å². The molecule has 1 heterocycles. The number of hydrogen-bond acceptors (Lipinski definition) is 4. The van der Waals surface area contributed by atoms with Gasteiger partial charge in [0.2, 0.25) is 0 Å². The largest absolute Gasteiger partial charge is 0.352 e. The Morgan fingerprint density at radius 3 is 2.50 bits per heavy atom. The first-order valence-electron chi connectivity index (χ1n) is 7.03. The summed E-state index contributed by atoms with van der Waals surface area (Å²) in [6, 6.07) is 5.11. The van der Waals surface area contributed by atoms with Crippen LogP contribution in [0.15, 0.2) is 12.1 Å². The highest BCUT2D eigenvalue weighted by molar-refractivity contribution is 5.38. The van der Waals surface area contributed by atoms with Crippen LogP contribution in [0.1, 0.15) is 44.7 Å². The summed E-state index contributed by atoms with van der Waals surface area (Å²) in [5, 5.41) is 8.51. The minimum Gasteiger partial charge on any atom is -0.352 e. The monoisotopic (exact) mass is 248 g/mol. The molecule has 0 bridgehead atoms. The predicted octanol–water partition coefficient (Wildman–Crippen LogP) is 2.27. The maximum absolute atomic E-state index is 5.98. The lowest BCUT2D eigenvalue weighted by molar-refractivity contribution is 0.373. The fraction of sp³-hybridized carbons (Fsp3) is 0.714. The Morgan fingerprint density at radius 2 is 1.94 bits per heavy atom. The van der Waals surface area contributed by atoms with Crippen LogP contribution in [0.25, 0.3) is 0 Å². The quantitative estimate of drug-likeness (QED) is 0.888. The van der Waals surface area contributed by atoms with E-state index in [2.05, 4.69) is 28.1 Å². The maximum Gasteiger partial charge on any atom is 0.151 e. The maximum atomic E-state index is 5.98. The minimum absolute atomic E-state index is 0.397. The molecule has 1 aliphatic carbocycles. The highest BCUT2D eigenvalue weighted by atomic mass is 15.3. The molecule has 0 unspecified atom stereocenters. The number of aromatic nitrogens is 2. The van der Waals surface area contributed by atoms with Crippen molar-refractivity contribution >= 4 is 5.82 Å². The van der Waals surface area contributed by atoms with E-state index in [4.69, 9.17) is 5.73 Å². The van der Waals surface area contributed by atoms with Crippen molar-refractivity contribution in [3.05, 3.63) is 17.8 Å². The first-order chi connectivity index (χ1) is 8.70. The fourth-order valence-corrected chi connectivity index (χ4v) is 2.68. The highest BCUT2D eigenvalue weighted by Gasteiger charge is 2.24. The summed E-state index contributed by atoms with van der Waals surface area (Å²) < 4.78 is 0. The molecule has 2 N–H and O–H groups in total. The zero-order valence-electron chi connectivity index (χ0n) is 11.5. The van der Waals surface area contributed by atoms with Gasteiger partial charge in [-0.2, -0.15) is 5.10 Å². The van der Waals surface area contributed by atoms with Crippen molar-refractivity contribution in [2.75, 3.05) is 11.4 Å². The Balaban J connectivity index is 2.09. The second-order valence-electron chi connectivity index (χ2n) is 5.29. The predicted molar refractivity (Wildman–Crippen MR) is 74.6 cm³/mol. The van der Waals surface area contributed by atoms with Gasteiger partial charge in [0.1, 0.15) is 0 Å². The number of hydrogen-bond donors (Lipinski definition) is 1. The van der Waals surface area contributed by atoms with Crippen LogP contribution in [0.5, 0.6) is 0 Å². The molecule has 0 aromatic carbocycles. The third kappa shape index (κ3) is 3.19.